The van der Waals surface area contributed by atoms with Crippen LogP contribution >= 0.6 is 11.3 Å². The molecule has 1 heterocycles. The SMILES string of the molecule is CCN(C(=O)OC(C)(C)C)C(C(=O)O)c1ccc(C)s1. The summed E-state index contributed by atoms with van der Waals surface area (Å²) < 4.78 is 5.28. The van der Waals surface area contributed by atoms with Gasteiger partial charge in [-0.15, -0.1) is 11.3 Å². The van der Waals surface area contributed by atoms with Crippen LogP contribution in [0.15, 0.2) is 12.1 Å². The number of nitrogens with zero attached hydrogens (tertiary/aromatic N) is 1. The normalized spacial score (nSPS) is 12.8. The van der Waals surface area contributed by atoms with Gasteiger partial charge < -0.3 is 9.84 Å². The van der Waals surface area contributed by atoms with Crippen LogP contribution in [0.25, 0.3) is 0 Å². The number of amides is 1. The third-order valence-electron chi connectivity index (χ3n) is 2.54. The van der Waals surface area contributed by atoms with E-state index >= 15 is 0 Å². The van der Waals surface area contributed by atoms with Crippen molar-refractivity contribution < 1.29 is 19.4 Å². The smallest absolute Gasteiger partial charge is 0.411 e. The Morgan fingerprint density at radius 1 is 1.40 bits per heavy atom. The Bertz CT molecular complexity index is 490. The molecule has 0 radical (unpaired) electrons. The number of aliphatic carboxylic acids is 1. The lowest BCUT2D eigenvalue weighted by atomic mass is 10.2. The van der Waals surface area contributed by atoms with Gasteiger partial charge in [-0.3, -0.25) is 4.90 Å². The Kier molecular flexibility index (Phi) is 5.16. The van der Waals surface area contributed by atoms with Gasteiger partial charge in [-0.1, -0.05) is 0 Å². The molecule has 112 valence electrons. The molecule has 0 aliphatic carbocycles. The maximum absolute atomic E-state index is 12.2. The number of likely N-dealkylation sites (N-methyl/N-ethyl adjacent to an activating group) is 1. The number of rotatable bonds is 4. The molecule has 1 unspecified atom stereocenters. The topological polar surface area (TPSA) is 66.8 Å². The van der Waals surface area contributed by atoms with Crippen LogP contribution in [0.5, 0.6) is 0 Å². The van der Waals surface area contributed by atoms with Gasteiger partial charge in [0.05, 0.1) is 0 Å². The Labute approximate surface area is 123 Å². The van der Waals surface area contributed by atoms with E-state index in [4.69, 9.17) is 4.74 Å². The lowest BCUT2D eigenvalue weighted by molar-refractivity contribution is -0.143. The molecule has 20 heavy (non-hydrogen) atoms. The first-order chi connectivity index (χ1) is 9.15. The number of carbonyl (C=O) groups excluding carboxylic acids is 1. The second kappa shape index (κ2) is 6.26. The van der Waals surface area contributed by atoms with Gasteiger partial charge in [0.1, 0.15) is 5.60 Å². The third kappa shape index (κ3) is 4.23. The van der Waals surface area contributed by atoms with Gasteiger partial charge in [-0.05, 0) is 46.8 Å². The fourth-order valence-electron chi connectivity index (χ4n) is 1.75. The average molecular weight is 299 g/mol. The minimum atomic E-state index is -1.06. The zero-order valence-electron chi connectivity index (χ0n) is 12.5. The van der Waals surface area contributed by atoms with Crippen LogP contribution in [0.2, 0.25) is 0 Å². The summed E-state index contributed by atoms with van der Waals surface area (Å²) in [6.45, 7) is 9.16. The van der Waals surface area contributed by atoms with Gasteiger partial charge in [-0.25, -0.2) is 9.59 Å². The summed E-state index contributed by atoms with van der Waals surface area (Å²) in [7, 11) is 0. The highest BCUT2D eigenvalue weighted by atomic mass is 32.1. The standard InChI is InChI=1S/C14H21NO4S/c1-6-15(13(18)19-14(3,4)5)11(12(16)17)10-8-7-9(2)20-10/h7-8,11H,6H2,1-5H3,(H,16,17). The van der Waals surface area contributed by atoms with Gasteiger partial charge in [0.2, 0.25) is 0 Å². The first-order valence-electron chi connectivity index (χ1n) is 6.44. The molecule has 1 amide bonds. The first kappa shape index (κ1) is 16.5. The minimum Gasteiger partial charge on any atom is -0.479 e. The molecule has 1 aromatic rings. The molecule has 1 rings (SSSR count). The van der Waals surface area contributed by atoms with Crippen molar-refractivity contribution in [1.29, 1.82) is 0 Å². The molecule has 1 aromatic heterocycles. The second-order valence-electron chi connectivity index (χ2n) is 5.46. The third-order valence-corrected chi connectivity index (χ3v) is 3.60. The van der Waals surface area contributed by atoms with Crippen molar-refractivity contribution in [1.82, 2.24) is 4.90 Å². The van der Waals surface area contributed by atoms with Crippen LogP contribution in [0.1, 0.15) is 43.5 Å². The van der Waals surface area contributed by atoms with Crippen molar-refractivity contribution in [2.75, 3.05) is 6.54 Å². The number of carbonyl (C=O) groups is 2. The Balaban J connectivity index is 3.05. The predicted molar refractivity (Wildman–Crippen MR) is 78.0 cm³/mol. The molecule has 0 aliphatic heterocycles. The van der Waals surface area contributed by atoms with Gasteiger partial charge in [0.25, 0.3) is 0 Å². The average Bonchev–Trinajstić information content (AvgIpc) is 2.68. The molecule has 6 heteroatoms. The number of hydrogen-bond donors (Lipinski definition) is 1. The van der Waals surface area contributed by atoms with Gasteiger partial charge in [0.15, 0.2) is 6.04 Å². The minimum absolute atomic E-state index is 0.267. The Morgan fingerprint density at radius 3 is 2.35 bits per heavy atom. The zero-order valence-corrected chi connectivity index (χ0v) is 13.3. The summed E-state index contributed by atoms with van der Waals surface area (Å²) in [5.41, 5.74) is -0.654. The van der Waals surface area contributed by atoms with Crippen LogP contribution in [-0.4, -0.2) is 34.2 Å². The van der Waals surface area contributed by atoms with E-state index in [1.54, 1.807) is 33.8 Å². The first-order valence-corrected chi connectivity index (χ1v) is 7.26. The molecular weight excluding hydrogens is 278 g/mol. The van der Waals surface area contributed by atoms with Crippen molar-refractivity contribution in [3.63, 3.8) is 0 Å². The van der Waals surface area contributed by atoms with Gasteiger partial charge in [0, 0.05) is 16.3 Å². The number of ether oxygens (including phenoxy) is 1. The summed E-state index contributed by atoms with van der Waals surface area (Å²) >= 11 is 1.37. The highest BCUT2D eigenvalue weighted by Crippen LogP contribution is 2.29. The molecule has 0 bridgehead atoms. The van der Waals surface area contributed by atoms with Crippen molar-refractivity contribution in [3.8, 4) is 0 Å². The monoisotopic (exact) mass is 299 g/mol. The highest BCUT2D eigenvalue weighted by molar-refractivity contribution is 7.12. The molecule has 0 saturated carbocycles. The zero-order chi connectivity index (χ0) is 15.5. The lowest BCUT2D eigenvalue weighted by Crippen LogP contribution is -2.41. The number of carboxylic acids is 1. The predicted octanol–water partition coefficient (Wildman–Crippen LogP) is 3.44. The molecule has 5 nitrogen and oxygen atoms in total. The van der Waals surface area contributed by atoms with E-state index in [1.165, 1.54) is 16.2 Å². The second-order valence-corrected chi connectivity index (χ2v) is 6.78. The Hall–Kier alpha value is -1.56. The molecule has 0 aliphatic rings. The van der Waals surface area contributed by atoms with Crippen LogP contribution in [-0.2, 0) is 9.53 Å². The maximum Gasteiger partial charge on any atom is 0.411 e. The number of carboxylic acid groups (broad SMARTS) is 1. The molecule has 0 aromatic carbocycles. The lowest BCUT2D eigenvalue weighted by Gasteiger charge is -2.30. The molecule has 1 atom stereocenters. The van der Waals surface area contributed by atoms with Crippen LogP contribution in [0, 0.1) is 6.92 Å². The van der Waals surface area contributed by atoms with Crippen molar-refractivity contribution in [2.24, 2.45) is 0 Å². The van der Waals surface area contributed by atoms with E-state index in [0.29, 0.717) is 4.88 Å². The molecule has 0 spiro atoms. The largest absolute Gasteiger partial charge is 0.479 e. The van der Waals surface area contributed by atoms with Gasteiger partial charge >= 0.3 is 12.1 Å². The van der Waals surface area contributed by atoms with E-state index in [9.17, 15) is 14.7 Å². The molecular formula is C14H21NO4S. The van der Waals surface area contributed by atoms with E-state index in [-0.39, 0.29) is 6.54 Å². The van der Waals surface area contributed by atoms with E-state index in [2.05, 4.69) is 0 Å². The fourth-order valence-corrected chi connectivity index (χ4v) is 2.73. The quantitative estimate of drug-likeness (QED) is 0.924. The summed E-state index contributed by atoms with van der Waals surface area (Å²) in [6.07, 6.45) is -0.613. The number of thiophene rings is 1. The summed E-state index contributed by atoms with van der Waals surface area (Å²) in [6, 6.07) is 2.58. The fraction of sp³-hybridized carbons (Fsp3) is 0.571. The Morgan fingerprint density at radius 2 is 2.00 bits per heavy atom. The molecule has 1 N–H and O–H groups in total. The van der Waals surface area contributed by atoms with Crippen molar-refractivity contribution >= 4 is 23.4 Å². The number of aryl methyl sites for hydroxylation is 1. The van der Waals surface area contributed by atoms with Crippen LogP contribution < -0.4 is 0 Å². The molecule has 0 fully saturated rings. The van der Waals surface area contributed by atoms with E-state index in [0.717, 1.165) is 4.88 Å². The summed E-state index contributed by atoms with van der Waals surface area (Å²) in [5.74, 6) is -1.06. The van der Waals surface area contributed by atoms with Gasteiger partial charge in [-0.2, -0.15) is 0 Å². The highest BCUT2D eigenvalue weighted by Gasteiger charge is 2.34. The van der Waals surface area contributed by atoms with E-state index in [1.807, 2.05) is 13.0 Å². The van der Waals surface area contributed by atoms with E-state index < -0.39 is 23.7 Å². The summed E-state index contributed by atoms with van der Waals surface area (Å²) in [4.78, 5) is 26.6. The van der Waals surface area contributed by atoms with Crippen LogP contribution in [0.3, 0.4) is 0 Å². The van der Waals surface area contributed by atoms with Crippen molar-refractivity contribution in [2.45, 2.75) is 46.3 Å². The molecule has 0 saturated heterocycles. The van der Waals surface area contributed by atoms with Crippen LogP contribution in [0.4, 0.5) is 4.79 Å². The summed E-state index contributed by atoms with van der Waals surface area (Å²) in [5, 5.41) is 9.44. The maximum atomic E-state index is 12.2. The number of hydrogen-bond acceptors (Lipinski definition) is 4. The van der Waals surface area contributed by atoms with Crippen molar-refractivity contribution in [3.05, 3.63) is 21.9 Å².